The molecule has 2 aromatic carbocycles. The van der Waals surface area contributed by atoms with Crippen molar-refractivity contribution in [3.63, 3.8) is 0 Å². The number of ether oxygens (including phenoxy) is 1. The van der Waals surface area contributed by atoms with E-state index in [1.54, 1.807) is 18.2 Å². The van der Waals surface area contributed by atoms with Crippen molar-refractivity contribution in [2.45, 2.75) is 17.9 Å². The van der Waals surface area contributed by atoms with E-state index < -0.39 is 28.0 Å². The van der Waals surface area contributed by atoms with Gasteiger partial charge in [-0.1, -0.05) is 12.1 Å². The molecule has 2 rings (SSSR count). The van der Waals surface area contributed by atoms with Gasteiger partial charge in [-0.2, -0.15) is 5.26 Å². The van der Waals surface area contributed by atoms with Gasteiger partial charge in [0.2, 0.25) is 10.0 Å². The molecule has 0 saturated heterocycles. The summed E-state index contributed by atoms with van der Waals surface area (Å²) in [6.07, 6.45) is -1.13. The largest absolute Gasteiger partial charge is 0.449 e. The molecule has 0 aromatic heterocycles. The summed E-state index contributed by atoms with van der Waals surface area (Å²) >= 11 is 0. The highest BCUT2D eigenvalue weighted by Crippen LogP contribution is 2.14. The minimum absolute atomic E-state index is 0.00236. The fourth-order valence-corrected chi connectivity index (χ4v) is 2.88. The Labute approximate surface area is 156 Å². The highest BCUT2D eigenvalue weighted by Gasteiger charge is 2.21. The van der Waals surface area contributed by atoms with Crippen molar-refractivity contribution in [3.05, 3.63) is 59.7 Å². The number of nitrogens with one attached hydrogen (secondary N) is 2. The lowest BCUT2D eigenvalue weighted by atomic mass is 10.2. The summed E-state index contributed by atoms with van der Waals surface area (Å²) in [5.41, 5.74) is 0.765. The van der Waals surface area contributed by atoms with Crippen molar-refractivity contribution >= 4 is 27.6 Å². The first-order valence-electron chi connectivity index (χ1n) is 7.82. The van der Waals surface area contributed by atoms with E-state index in [-0.39, 0.29) is 10.5 Å². The summed E-state index contributed by atoms with van der Waals surface area (Å²) in [4.78, 5) is 24.3. The summed E-state index contributed by atoms with van der Waals surface area (Å²) in [7, 11) is -2.45. The smallest absolute Gasteiger partial charge is 0.338 e. The molecule has 0 aliphatic heterocycles. The van der Waals surface area contributed by atoms with Gasteiger partial charge in [0.25, 0.3) is 5.91 Å². The van der Waals surface area contributed by atoms with E-state index in [1.165, 1.54) is 38.2 Å². The third-order valence-corrected chi connectivity index (χ3v) is 4.97. The topological polar surface area (TPSA) is 125 Å². The molecule has 0 bridgehead atoms. The van der Waals surface area contributed by atoms with Crippen molar-refractivity contribution in [1.82, 2.24) is 4.72 Å². The van der Waals surface area contributed by atoms with Gasteiger partial charge < -0.3 is 10.1 Å². The number of hydrogen-bond donors (Lipinski definition) is 2. The Balaban J connectivity index is 2.08. The highest BCUT2D eigenvalue weighted by molar-refractivity contribution is 7.89. The van der Waals surface area contributed by atoms with Crippen LogP contribution in [0.4, 0.5) is 5.69 Å². The summed E-state index contributed by atoms with van der Waals surface area (Å²) < 4.78 is 30.9. The zero-order valence-electron chi connectivity index (χ0n) is 14.6. The third kappa shape index (κ3) is 5.13. The highest BCUT2D eigenvalue weighted by atomic mass is 32.2. The number of carbonyl (C=O) groups excluding carboxylic acids is 2. The second-order valence-corrected chi connectivity index (χ2v) is 7.35. The van der Waals surface area contributed by atoms with Crippen LogP contribution in [0.15, 0.2) is 53.4 Å². The Bertz CT molecular complexity index is 1010. The molecule has 27 heavy (non-hydrogen) atoms. The van der Waals surface area contributed by atoms with Crippen LogP contribution in [0.25, 0.3) is 0 Å². The van der Waals surface area contributed by atoms with Crippen LogP contribution in [0.3, 0.4) is 0 Å². The average molecular weight is 387 g/mol. The fraction of sp³-hybridized carbons (Fsp3) is 0.167. The number of esters is 1. The Morgan fingerprint density at radius 1 is 1.15 bits per heavy atom. The van der Waals surface area contributed by atoms with Gasteiger partial charge in [-0.15, -0.1) is 0 Å². The summed E-state index contributed by atoms with van der Waals surface area (Å²) in [5, 5.41) is 11.4. The Kier molecular flexibility index (Phi) is 6.28. The van der Waals surface area contributed by atoms with Gasteiger partial charge in [0.05, 0.1) is 22.1 Å². The number of anilines is 1. The van der Waals surface area contributed by atoms with Gasteiger partial charge in [-0.25, -0.2) is 17.9 Å². The molecule has 0 saturated carbocycles. The van der Waals surface area contributed by atoms with Crippen molar-refractivity contribution < 1.29 is 22.7 Å². The van der Waals surface area contributed by atoms with E-state index in [2.05, 4.69) is 10.0 Å². The zero-order chi connectivity index (χ0) is 20.0. The predicted molar refractivity (Wildman–Crippen MR) is 97.4 cm³/mol. The maximum atomic E-state index is 12.2. The normalized spacial score (nSPS) is 11.9. The molecular weight excluding hydrogens is 370 g/mol. The molecular formula is C18H17N3O5S. The first-order chi connectivity index (χ1) is 12.8. The number of nitrogens with zero attached hydrogens (tertiary/aromatic N) is 1. The minimum atomic E-state index is -3.71. The number of amides is 1. The quantitative estimate of drug-likeness (QED) is 0.726. The Morgan fingerprint density at radius 2 is 1.85 bits per heavy atom. The first-order valence-corrected chi connectivity index (χ1v) is 9.31. The van der Waals surface area contributed by atoms with Crippen molar-refractivity contribution in [3.8, 4) is 6.07 Å². The van der Waals surface area contributed by atoms with E-state index in [0.29, 0.717) is 11.3 Å². The molecule has 0 aliphatic carbocycles. The summed E-state index contributed by atoms with van der Waals surface area (Å²) in [6, 6.07) is 13.5. The number of sulfonamides is 1. The molecule has 140 valence electrons. The molecule has 0 heterocycles. The van der Waals surface area contributed by atoms with Crippen LogP contribution < -0.4 is 10.0 Å². The maximum Gasteiger partial charge on any atom is 0.338 e. The maximum absolute atomic E-state index is 12.2. The van der Waals surface area contributed by atoms with E-state index in [4.69, 9.17) is 10.00 Å². The number of carbonyl (C=O) groups is 2. The van der Waals surface area contributed by atoms with Crippen LogP contribution >= 0.6 is 0 Å². The van der Waals surface area contributed by atoms with Gasteiger partial charge in [0.15, 0.2) is 6.10 Å². The van der Waals surface area contributed by atoms with Gasteiger partial charge in [0, 0.05) is 5.69 Å². The Morgan fingerprint density at radius 3 is 2.52 bits per heavy atom. The van der Waals surface area contributed by atoms with Gasteiger partial charge in [-0.05, 0) is 50.4 Å². The lowest BCUT2D eigenvalue weighted by Crippen LogP contribution is -2.30. The molecule has 0 fully saturated rings. The Hall–Kier alpha value is -3.22. The molecule has 2 N–H and O–H groups in total. The fourth-order valence-electron chi connectivity index (χ4n) is 2.10. The lowest BCUT2D eigenvalue weighted by molar-refractivity contribution is -0.123. The van der Waals surface area contributed by atoms with Crippen LogP contribution in [0, 0.1) is 11.3 Å². The van der Waals surface area contributed by atoms with Crippen LogP contribution in [-0.2, 0) is 19.6 Å². The van der Waals surface area contributed by atoms with Crippen LogP contribution in [0.5, 0.6) is 0 Å². The van der Waals surface area contributed by atoms with E-state index in [0.717, 1.165) is 6.07 Å². The number of nitriles is 1. The number of hydrogen-bond acceptors (Lipinski definition) is 6. The number of benzene rings is 2. The first kappa shape index (κ1) is 20.1. The number of rotatable bonds is 6. The minimum Gasteiger partial charge on any atom is -0.449 e. The van der Waals surface area contributed by atoms with Crippen LogP contribution in [0.2, 0.25) is 0 Å². The van der Waals surface area contributed by atoms with Crippen LogP contribution in [0.1, 0.15) is 22.8 Å². The molecule has 9 heteroatoms. The molecule has 0 unspecified atom stereocenters. The lowest BCUT2D eigenvalue weighted by Gasteiger charge is -2.14. The van der Waals surface area contributed by atoms with Crippen LogP contribution in [-0.4, -0.2) is 33.4 Å². The van der Waals surface area contributed by atoms with Gasteiger partial charge in [0.1, 0.15) is 0 Å². The predicted octanol–water partition coefficient (Wildman–Crippen LogP) is 1.65. The van der Waals surface area contributed by atoms with E-state index >= 15 is 0 Å². The average Bonchev–Trinajstić information content (AvgIpc) is 2.68. The van der Waals surface area contributed by atoms with Gasteiger partial charge in [-0.3, -0.25) is 4.79 Å². The molecule has 2 aromatic rings. The second-order valence-electron chi connectivity index (χ2n) is 5.46. The van der Waals surface area contributed by atoms with Crippen molar-refractivity contribution in [2.75, 3.05) is 12.4 Å². The van der Waals surface area contributed by atoms with Crippen molar-refractivity contribution in [1.29, 1.82) is 5.26 Å². The monoisotopic (exact) mass is 387 g/mol. The van der Waals surface area contributed by atoms with E-state index in [9.17, 15) is 18.0 Å². The second kappa shape index (κ2) is 8.44. The standard InChI is InChI=1S/C18H17N3O5S/c1-12(17(22)21-15-7-3-5-13(9-15)11-19)26-18(23)14-6-4-8-16(10-14)27(24,25)20-2/h3-10,12,20H,1-2H3,(H,21,22)/t12-/m1/s1. The SMILES string of the molecule is CNS(=O)(=O)c1cccc(C(=O)O[C@H](C)C(=O)Nc2cccc(C#N)c2)c1. The van der Waals surface area contributed by atoms with E-state index in [1.807, 2.05) is 6.07 Å². The summed E-state index contributed by atoms with van der Waals surface area (Å²) in [5.74, 6) is -1.42. The molecule has 0 aliphatic rings. The molecule has 1 atom stereocenters. The molecule has 0 radical (unpaired) electrons. The van der Waals surface area contributed by atoms with Gasteiger partial charge >= 0.3 is 5.97 Å². The third-order valence-electron chi connectivity index (χ3n) is 3.56. The zero-order valence-corrected chi connectivity index (χ0v) is 15.4. The molecule has 0 spiro atoms. The van der Waals surface area contributed by atoms with Crippen molar-refractivity contribution in [2.24, 2.45) is 0 Å². The summed E-state index contributed by atoms with van der Waals surface area (Å²) in [6.45, 7) is 1.38. The molecule has 1 amide bonds. The molecule has 8 nitrogen and oxygen atoms in total.